The summed E-state index contributed by atoms with van der Waals surface area (Å²) >= 11 is 0. The maximum absolute atomic E-state index is 13.3. The van der Waals surface area contributed by atoms with E-state index in [1.54, 1.807) is 0 Å². The molecule has 0 aliphatic carbocycles. The zero-order valence-corrected chi connectivity index (χ0v) is 7.74. The van der Waals surface area contributed by atoms with E-state index < -0.39 is 18.0 Å². The predicted octanol–water partition coefficient (Wildman–Crippen LogP) is 2.57. The molecule has 82 valence electrons. The van der Waals surface area contributed by atoms with Gasteiger partial charge in [0, 0.05) is 12.1 Å². The lowest BCUT2D eigenvalue weighted by Gasteiger charge is -2.28. The normalized spacial score (nSPS) is 21.2. The largest absolute Gasteiger partial charge is 0.408 e. The Hall–Kier alpha value is -1.10. The molecule has 1 aromatic carbocycles. The highest BCUT2D eigenvalue weighted by molar-refractivity contribution is 5.34. The minimum Gasteiger partial charge on any atom is -0.302 e. The maximum Gasteiger partial charge on any atom is 0.408 e. The molecule has 0 spiro atoms. The molecule has 2 rings (SSSR count). The topological polar surface area (TPSA) is 12.0 Å². The van der Waals surface area contributed by atoms with Gasteiger partial charge in [0.25, 0.3) is 0 Å². The first kappa shape index (κ1) is 10.4. The lowest BCUT2D eigenvalue weighted by Crippen LogP contribution is -2.40. The monoisotopic (exact) mass is 219 g/mol. The first-order chi connectivity index (χ1) is 7.00. The molecule has 0 saturated carbocycles. The van der Waals surface area contributed by atoms with E-state index in [2.05, 4.69) is 5.32 Å². The van der Waals surface area contributed by atoms with E-state index in [1.165, 1.54) is 12.1 Å². The zero-order valence-electron chi connectivity index (χ0n) is 7.74. The van der Waals surface area contributed by atoms with Gasteiger partial charge in [0.1, 0.15) is 11.9 Å². The Morgan fingerprint density at radius 3 is 2.67 bits per heavy atom. The first-order valence-electron chi connectivity index (χ1n) is 4.57. The Kier molecular flexibility index (Phi) is 2.42. The first-order valence-corrected chi connectivity index (χ1v) is 4.57. The van der Waals surface area contributed by atoms with Gasteiger partial charge in [0.2, 0.25) is 0 Å². The number of hydrogen-bond donors (Lipinski definition) is 1. The second-order valence-corrected chi connectivity index (χ2v) is 3.49. The summed E-state index contributed by atoms with van der Waals surface area (Å²) in [4.78, 5) is 0. The highest BCUT2D eigenvalue weighted by Crippen LogP contribution is 2.37. The minimum absolute atomic E-state index is 0.223. The van der Waals surface area contributed by atoms with Gasteiger partial charge in [0.05, 0.1) is 0 Å². The van der Waals surface area contributed by atoms with Gasteiger partial charge in [0.15, 0.2) is 0 Å². The molecule has 15 heavy (non-hydrogen) atoms. The second-order valence-electron chi connectivity index (χ2n) is 3.49. The third-order valence-electron chi connectivity index (χ3n) is 2.50. The smallest absolute Gasteiger partial charge is 0.302 e. The molecule has 1 nitrogen and oxygen atoms in total. The van der Waals surface area contributed by atoms with Crippen molar-refractivity contribution in [2.24, 2.45) is 0 Å². The number of halogens is 4. The molecule has 1 unspecified atom stereocenters. The van der Waals surface area contributed by atoms with Crippen molar-refractivity contribution in [2.75, 3.05) is 6.54 Å². The molecule has 0 saturated heterocycles. The molecule has 0 bridgehead atoms. The summed E-state index contributed by atoms with van der Waals surface area (Å²) in [5, 5.41) is 2.29. The highest BCUT2D eigenvalue weighted by Gasteiger charge is 2.44. The summed E-state index contributed by atoms with van der Waals surface area (Å²) < 4.78 is 51.0. The van der Waals surface area contributed by atoms with Crippen LogP contribution in [0.2, 0.25) is 0 Å². The fourth-order valence-corrected chi connectivity index (χ4v) is 1.86. The quantitative estimate of drug-likeness (QED) is 0.661. The van der Waals surface area contributed by atoms with E-state index in [9.17, 15) is 17.6 Å². The van der Waals surface area contributed by atoms with Crippen LogP contribution in [0.3, 0.4) is 0 Å². The van der Waals surface area contributed by atoms with E-state index in [0.717, 1.165) is 6.07 Å². The standard InChI is InChI=1S/C10H9F4N/c11-7-3-1-2-6-4-5-15-9(8(6)7)10(12,13)14/h1-3,9,15H,4-5H2. The lowest BCUT2D eigenvalue weighted by atomic mass is 9.93. The number of rotatable bonds is 0. The number of hydrogen-bond acceptors (Lipinski definition) is 1. The zero-order chi connectivity index (χ0) is 11.1. The van der Waals surface area contributed by atoms with E-state index >= 15 is 0 Å². The molecule has 0 radical (unpaired) electrons. The molecule has 0 aromatic heterocycles. The van der Waals surface area contributed by atoms with Crippen molar-refractivity contribution in [3.8, 4) is 0 Å². The van der Waals surface area contributed by atoms with Crippen molar-refractivity contribution in [1.29, 1.82) is 0 Å². The summed E-state index contributed by atoms with van der Waals surface area (Å²) in [7, 11) is 0. The van der Waals surface area contributed by atoms with Crippen LogP contribution in [0.4, 0.5) is 17.6 Å². The average Bonchev–Trinajstić information content (AvgIpc) is 2.16. The van der Waals surface area contributed by atoms with Crippen molar-refractivity contribution in [3.63, 3.8) is 0 Å². The molecular formula is C10H9F4N. The van der Waals surface area contributed by atoms with Gasteiger partial charge in [-0.25, -0.2) is 4.39 Å². The van der Waals surface area contributed by atoms with Gasteiger partial charge < -0.3 is 5.32 Å². The molecule has 0 amide bonds. The molecule has 1 aliphatic rings. The van der Waals surface area contributed by atoms with Crippen LogP contribution in [0.15, 0.2) is 18.2 Å². The Balaban J connectivity index is 2.50. The Morgan fingerprint density at radius 1 is 1.27 bits per heavy atom. The number of benzene rings is 1. The van der Waals surface area contributed by atoms with Crippen molar-refractivity contribution < 1.29 is 17.6 Å². The van der Waals surface area contributed by atoms with Crippen LogP contribution in [0, 0.1) is 5.82 Å². The SMILES string of the molecule is Fc1cccc2c1C(C(F)(F)F)NCC2. The third kappa shape index (κ3) is 1.84. The molecule has 1 heterocycles. The maximum atomic E-state index is 13.3. The van der Waals surface area contributed by atoms with E-state index in [-0.39, 0.29) is 12.1 Å². The number of alkyl halides is 3. The van der Waals surface area contributed by atoms with Gasteiger partial charge in [-0.1, -0.05) is 12.1 Å². The van der Waals surface area contributed by atoms with Gasteiger partial charge in [-0.15, -0.1) is 0 Å². The van der Waals surface area contributed by atoms with Crippen LogP contribution in [0.1, 0.15) is 17.2 Å². The van der Waals surface area contributed by atoms with Crippen LogP contribution in [0.25, 0.3) is 0 Å². The summed E-state index contributed by atoms with van der Waals surface area (Å²) in [5.41, 5.74) is 0.187. The summed E-state index contributed by atoms with van der Waals surface area (Å²) in [6.45, 7) is 0.223. The number of nitrogens with one attached hydrogen (secondary N) is 1. The van der Waals surface area contributed by atoms with Gasteiger partial charge in [-0.05, 0) is 18.1 Å². The number of fused-ring (bicyclic) bond motifs is 1. The Morgan fingerprint density at radius 2 is 2.00 bits per heavy atom. The fourth-order valence-electron chi connectivity index (χ4n) is 1.86. The van der Waals surface area contributed by atoms with Crippen LogP contribution >= 0.6 is 0 Å². The lowest BCUT2D eigenvalue weighted by molar-refractivity contribution is -0.159. The Bertz CT molecular complexity index is 372. The van der Waals surface area contributed by atoms with Gasteiger partial charge in [-0.2, -0.15) is 13.2 Å². The molecular weight excluding hydrogens is 210 g/mol. The highest BCUT2D eigenvalue weighted by atomic mass is 19.4. The van der Waals surface area contributed by atoms with Crippen LogP contribution in [-0.4, -0.2) is 12.7 Å². The van der Waals surface area contributed by atoms with Crippen LogP contribution in [-0.2, 0) is 6.42 Å². The molecule has 0 fully saturated rings. The second kappa shape index (κ2) is 3.48. The molecule has 1 aromatic rings. The summed E-state index contributed by atoms with van der Waals surface area (Å²) in [5.74, 6) is -0.790. The third-order valence-corrected chi connectivity index (χ3v) is 2.50. The van der Waals surface area contributed by atoms with E-state index in [1.807, 2.05) is 0 Å². The van der Waals surface area contributed by atoms with Crippen molar-refractivity contribution in [3.05, 3.63) is 35.1 Å². The van der Waals surface area contributed by atoms with Crippen LogP contribution < -0.4 is 5.32 Å². The van der Waals surface area contributed by atoms with E-state index in [0.29, 0.717) is 12.0 Å². The van der Waals surface area contributed by atoms with Crippen LogP contribution in [0.5, 0.6) is 0 Å². The van der Waals surface area contributed by atoms with Crippen molar-refractivity contribution in [2.45, 2.75) is 18.6 Å². The fraction of sp³-hybridized carbons (Fsp3) is 0.400. The molecule has 1 N–H and O–H groups in total. The summed E-state index contributed by atoms with van der Waals surface area (Å²) in [6.07, 6.45) is -4.02. The van der Waals surface area contributed by atoms with E-state index in [4.69, 9.17) is 0 Å². The Labute approximate surface area is 84.1 Å². The average molecular weight is 219 g/mol. The predicted molar refractivity (Wildman–Crippen MR) is 46.9 cm³/mol. The summed E-state index contributed by atoms with van der Waals surface area (Å²) in [6, 6.07) is 2.16. The molecule has 5 heteroatoms. The van der Waals surface area contributed by atoms with Crippen molar-refractivity contribution >= 4 is 0 Å². The van der Waals surface area contributed by atoms with Crippen molar-refractivity contribution in [1.82, 2.24) is 5.32 Å². The molecule has 1 aliphatic heterocycles. The minimum atomic E-state index is -4.45. The van der Waals surface area contributed by atoms with Gasteiger partial charge in [-0.3, -0.25) is 0 Å². The molecule has 1 atom stereocenters. The van der Waals surface area contributed by atoms with Gasteiger partial charge >= 0.3 is 6.18 Å².